The fraction of sp³-hybridized carbons (Fsp3) is 0.950. The van der Waals surface area contributed by atoms with E-state index in [9.17, 15) is 19.8 Å². The lowest BCUT2D eigenvalue weighted by atomic mass is 9.45. The van der Waals surface area contributed by atoms with Crippen molar-refractivity contribution in [2.75, 3.05) is 40.9 Å². The van der Waals surface area contributed by atoms with Crippen LogP contribution in [0.1, 0.15) is 106 Å². The molecule has 5 saturated carbocycles. The summed E-state index contributed by atoms with van der Waals surface area (Å²) in [5, 5.41) is 29.8. The molecule has 6 aliphatic rings. The minimum atomic E-state index is -0.821. The summed E-state index contributed by atoms with van der Waals surface area (Å²) < 4.78 is 6.37. The lowest BCUT2D eigenvalue weighted by molar-refractivity contribution is -0.193. The van der Waals surface area contributed by atoms with Crippen LogP contribution < -0.4 is 10.6 Å². The highest BCUT2D eigenvalue weighted by molar-refractivity contribution is 5.83. The average Bonchev–Trinajstić information content (AvgIpc) is 3.43. The summed E-state index contributed by atoms with van der Waals surface area (Å²) in [5.74, 6) is 1.86. The van der Waals surface area contributed by atoms with Gasteiger partial charge in [0.25, 0.3) is 0 Å². The van der Waals surface area contributed by atoms with E-state index in [2.05, 4.69) is 71.2 Å². The molecule has 1 aliphatic heterocycles. The van der Waals surface area contributed by atoms with Crippen molar-refractivity contribution in [2.45, 2.75) is 143 Å². The van der Waals surface area contributed by atoms with Crippen LogP contribution in [0.3, 0.4) is 0 Å². The number of hydrogen-bond donors (Lipinski definition) is 4. The first-order chi connectivity index (χ1) is 23.5. The molecule has 0 aromatic heterocycles. The molecule has 6 fully saturated rings. The van der Waals surface area contributed by atoms with Gasteiger partial charge in [0.2, 0.25) is 11.8 Å². The van der Waals surface area contributed by atoms with Crippen LogP contribution in [-0.2, 0) is 19.2 Å². The van der Waals surface area contributed by atoms with Crippen molar-refractivity contribution in [2.24, 2.45) is 58.2 Å². The van der Waals surface area contributed by atoms with Gasteiger partial charge in [-0.1, -0.05) is 48.0 Å². The molecule has 0 radical (unpaired) electrons. The second-order valence-corrected chi connectivity index (χ2v) is 19.2. The largest absolute Gasteiger partial charge is 0.394 e. The maximum atomic E-state index is 14.3. The van der Waals surface area contributed by atoms with Crippen molar-refractivity contribution >= 4 is 11.8 Å². The number of nitrogens with one attached hydrogen (secondary N) is 2. The number of aliphatic hydroxyl groups is 2. The minimum Gasteiger partial charge on any atom is -0.394 e. The molecule has 0 spiro atoms. The van der Waals surface area contributed by atoms with Crippen LogP contribution in [0.5, 0.6) is 0 Å². The van der Waals surface area contributed by atoms with Crippen LogP contribution in [-0.4, -0.2) is 109 Å². The Kier molecular flexibility index (Phi) is 12.7. The van der Waals surface area contributed by atoms with Crippen molar-refractivity contribution in [3.8, 4) is 0 Å². The molecular weight excluding hydrogens is 632 g/mol. The van der Waals surface area contributed by atoms with E-state index in [4.69, 9.17) is 9.57 Å². The number of methoxy groups -OCH3 is 1. The standard InChI is InChI=1S/C40H72N4O6/c1-23-31-19-28(40(31,6)7)20-32(23)42-38(48)35-34(24(2)46)33(22-45)50-44(35)21-25-12-11-13-30(36(25)49-10)26-16-27(18-29(17-26)43(8)9)37(47)41-15-14-39(3,4)5/h23-36,45-46H,11-22H2,1-10H3,(H,41,47)(H,42,48)/t23-,24-,25?,26?,27?,28+,29?,30?,31-,32-,33-,34+,35-,36?/m0/s1. The molecule has 50 heavy (non-hydrogen) atoms. The van der Waals surface area contributed by atoms with Crippen molar-refractivity contribution in [1.29, 1.82) is 0 Å². The predicted octanol–water partition coefficient (Wildman–Crippen LogP) is 4.48. The molecule has 0 aromatic rings. The monoisotopic (exact) mass is 705 g/mol. The SMILES string of the molecule is COC1C(CN2O[C@@H](CO)[C@@H]([C@H](C)O)[C@H]2C(=O)N[C@H]2C[C@H]3C[C@@H]([C@@H]2C)C3(C)C)CCCC1C1CC(C(=O)NCCC(C)(C)C)CC(N(C)C)C1. The molecule has 10 heteroatoms. The first kappa shape index (κ1) is 39.9. The quantitative estimate of drug-likeness (QED) is 0.235. The van der Waals surface area contributed by atoms with Gasteiger partial charge >= 0.3 is 0 Å². The number of rotatable bonds is 12. The maximum Gasteiger partial charge on any atom is 0.240 e. The molecule has 6 unspecified atom stereocenters. The van der Waals surface area contributed by atoms with Crippen molar-refractivity contribution in [3.05, 3.63) is 0 Å². The van der Waals surface area contributed by atoms with E-state index in [0.29, 0.717) is 54.1 Å². The lowest BCUT2D eigenvalue weighted by Gasteiger charge is -2.62. The molecule has 6 rings (SSSR count). The van der Waals surface area contributed by atoms with Crippen LogP contribution in [0.4, 0.5) is 0 Å². The number of aliphatic hydroxyl groups excluding tert-OH is 2. The first-order valence-electron chi connectivity index (χ1n) is 20.0. The van der Waals surface area contributed by atoms with Crippen LogP contribution >= 0.6 is 0 Å². The summed E-state index contributed by atoms with van der Waals surface area (Å²) >= 11 is 0. The third-order valence-electron chi connectivity index (χ3n) is 14.3. The Bertz CT molecular complexity index is 1160. The number of hydrogen-bond acceptors (Lipinski definition) is 8. The number of amides is 2. The smallest absolute Gasteiger partial charge is 0.240 e. The number of ether oxygens (including phenoxy) is 1. The van der Waals surface area contributed by atoms with Gasteiger partial charge in [-0.15, -0.1) is 0 Å². The number of fused-ring (bicyclic) bond motifs is 2. The van der Waals surface area contributed by atoms with E-state index in [1.807, 2.05) is 0 Å². The highest BCUT2D eigenvalue weighted by Crippen LogP contribution is 2.61. The van der Waals surface area contributed by atoms with Crippen molar-refractivity contribution in [3.63, 3.8) is 0 Å². The molecule has 1 saturated heterocycles. The van der Waals surface area contributed by atoms with Gasteiger partial charge < -0.3 is 30.5 Å². The van der Waals surface area contributed by atoms with Crippen molar-refractivity contribution < 1.29 is 29.4 Å². The van der Waals surface area contributed by atoms with Crippen LogP contribution in [0.25, 0.3) is 0 Å². The molecular formula is C40H72N4O6. The summed E-state index contributed by atoms with van der Waals surface area (Å²) in [6, 6.07) is -0.266. The van der Waals surface area contributed by atoms with Gasteiger partial charge in [0.15, 0.2) is 0 Å². The van der Waals surface area contributed by atoms with E-state index in [0.717, 1.165) is 51.4 Å². The fourth-order valence-corrected chi connectivity index (χ4v) is 11.1. The third kappa shape index (κ3) is 8.41. The molecule has 10 nitrogen and oxygen atoms in total. The Morgan fingerprint density at radius 1 is 1.08 bits per heavy atom. The molecule has 5 aliphatic carbocycles. The van der Waals surface area contributed by atoms with Gasteiger partial charge in [0.05, 0.1) is 18.8 Å². The van der Waals surface area contributed by atoms with Gasteiger partial charge in [-0.05, 0) is 113 Å². The predicted molar refractivity (Wildman–Crippen MR) is 196 cm³/mol. The maximum absolute atomic E-state index is 14.3. The van der Waals surface area contributed by atoms with Crippen LogP contribution in [0, 0.1) is 58.2 Å². The molecule has 4 N–H and O–H groups in total. The zero-order valence-electron chi connectivity index (χ0n) is 33.0. The van der Waals surface area contributed by atoms with Crippen molar-refractivity contribution in [1.82, 2.24) is 20.6 Å². The second kappa shape index (κ2) is 16.0. The van der Waals surface area contributed by atoms with Gasteiger partial charge in [-0.3, -0.25) is 14.4 Å². The fourth-order valence-electron chi connectivity index (χ4n) is 11.1. The number of carbonyl (C=O) groups excluding carboxylic acids is 2. The van der Waals surface area contributed by atoms with E-state index in [-0.39, 0.29) is 47.8 Å². The van der Waals surface area contributed by atoms with Crippen LogP contribution in [0.2, 0.25) is 0 Å². The molecule has 288 valence electrons. The molecule has 2 bridgehead atoms. The summed E-state index contributed by atoms with van der Waals surface area (Å²) in [6.07, 6.45) is 7.48. The lowest BCUT2D eigenvalue weighted by Crippen LogP contribution is -2.62. The highest BCUT2D eigenvalue weighted by atomic mass is 16.7. The Morgan fingerprint density at radius 3 is 2.38 bits per heavy atom. The van der Waals surface area contributed by atoms with E-state index >= 15 is 0 Å². The topological polar surface area (TPSA) is 124 Å². The Balaban J connectivity index is 1.30. The minimum absolute atomic E-state index is 0.0232. The summed E-state index contributed by atoms with van der Waals surface area (Å²) in [7, 11) is 6.06. The average molecular weight is 705 g/mol. The molecule has 1 heterocycles. The van der Waals surface area contributed by atoms with Gasteiger partial charge in [0, 0.05) is 50.0 Å². The van der Waals surface area contributed by atoms with E-state index < -0.39 is 24.2 Å². The highest BCUT2D eigenvalue weighted by Gasteiger charge is 2.58. The second-order valence-electron chi connectivity index (χ2n) is 19.2. The zero-order valence-corrected chi connectivity index (χ0v) is 33.0. The van der Waals surface area contributed by atoms with Gasteiger partial charge in [-0.2, -0.15) is 5.06 Å². The Labute approximate surface area is 303 Å². The third-order valence-corrected chi connectivity index (χ3v) is 14.3. The number of nitrogens with zero attached hydrogens (tertiary/aromatic N) is 2. The van der Waals surface area contributed by atoms with E-state index in [1.165, 1.54) is 6.42 Å². The summed E-state index contributed by atoms with van der Waals surface area (Å²) in [5.41, 5.74) is 0.495. The number of carbonyl (C=O) groups is 2. The summed E-state index contributed by atoms with van der Waals surface area (Å²) in [6.45, 7) is 16.3. The Morgan fingerprint density at radius 2 is 1.80 bits per heavy atom. The molecule has 2 amide bonds. The first-order valence-corrected chi connectivity index (χ1v) is 20.0. The Hall–Kier alpha value is -1.30. The zero-order chi connectivity index (χ0) is 36.7. The summed E-state index contributed by atoms with van der Waals surface area (Å²) in [4.78, 5) is 36.5. The molecule has 14 atom stereocenters. The van der Waals surface area contributed by atoms with Gasteiger partial charge in [-0.25, -0.2) is 0 Å². The normalized spacial score (nSPS) is 41.0. The van der Waals surface area contributed by atoms with Gasteiger partial charge in [0.1, 0.15) is 12.1 Å². The van der Waals surface area contributed by atoms with E-state index in [1.54, 1.807) is 19.1 Å². The van der Waals surface area contributed by atoms with Crippen LogP contribution in [0.15, 0.2) is 0 Å². The molecule has 0 aromatic carbocycles. The number of hydroxylamine groups is 2.